The Bertz CT molecular complexity index is 626. The predicted molar refractivity (Wildman–Crippen MR) is 126 cm³/mol. The number of carboxylic acids is 1. The van der Waals surface area contributed by atoms with E-state index in [1.165, 1.54) is 89.2 Å². The molecule has 1 atom stereocenters. The summed E-state index contributed by atoms with van der Waals surface area (Å²) in [6.07, 6.45) is 19.4. The van der Waals surface area contributed by atoms with Crippen molar-refractivity contribution >= 4 is 11.9 Å². The van der Waals surface area contributed by atoms with Gasteiger partial charge in [0.05, 0.1) is 12.0 Å². The van der Waals surface area contributed by atoms with Gasteiger partial charge in [-0.1, -0.05) is 121 Å². The average molecular weight is 524 g/mol. The molecular weight excluding hydrogens is 480 g/mol. The van der Waals surface area contributed by atoms with Crippen LogP contribution in [0.4, 0.5) is 0 Å². The molecule has 0 saturated heterocycles. The first kappa shape index (κ1) is 37.4. The third-order valence-electron chi connectivity index (χ3n) is 5.99. The molecule has 0 aliphatic heterocycles. The molecule has 0 spiro atoms. The molecule has 7 heteroatoms. The van der Waals surface area contributed by atoms with Gasteiger partial charge in [-0.2, -0.15) is 0 Å². The van der Waals surface area contributed by atoms with E-state index in [2.05, 4.69) is 12.2 Å². The molecule has 182 valence electrons. The van der Waals surface area contributed by atoms with Crippen molar-refractivity contribution < 1.29 is 123 Å². The fourth-order valence-electron chi connectivity index (χ4n) is 3.98. The average Bonchev–Trinajstić information content (AvgIpc) is 2.77. The first-order valence-electron chi connectivity index (χ1n) is 12.8. The van der Waals surface area contributed by atoms with Crippen molar-refractivity contribution in [2.45, 2.75) is 122 Å². The molecule has 1 amide bonds. The molecule has 0 fully saturated rings. The minimum absolute atomic E-state index is 0. The van der Waals surface area contributed by atoms with Crippen LogP contribution >= 0.6 is 0 Å². The monoisotopic (exact) mass is 523 g/mol. The summed E-state index contributed by atoms with van der Waals surface area (Å²) in [6, 6.07) is 4.87. The van der Waals surface area contributed by atoms with Gasteiger partial charge in [0, 0.05) is 6.42 Å². The maximum Gasteiger partial charge on any atom is 1.00 e. The van der Waals surface area contributed by atoms with Gasteiger partial charge in [-0.05, 0) is 18.4 Å². The number of rotatable bonds is 20. The summed E-state index contributed by atoms with van der Waals surface area (Å²) in [4.78, 5) is 23.4. The first-order chi connectivity index (χ1) is 15.5. The number of nitrogens with one attached hydrogen (secondary N) is 1. The number of carboxylic acid groups (broad SMARTS) is 1. The van der Waals surface area contributed by atoms with E-state index in [0.29, 0.717) is 12.0 Å². The van der Waals surface area contributed by atoms with Crippen LogP contribution in [0, 0.1) is 0 Å². The summed E-state index contributed by atoms with van der Waals surface area (Å²) in [5.74, 6) is -1.69. The zero-order valence-electron chi connectivity index (χ0n) is 22.0. The zero-order valence-corrected chi connectivity index (χ0v) is 28.3. The van der Waals surface area contributed by atoms with E-state index < -0.39 is 12.0 Å². The van der Waals surface area contributed by atoms with Crippen LogP contribution < -0.4 is 118 Å². The minimum atomic E-state index is -1.30. The maximum absolute atomic E-state index is 12.1. The van der Waals surface area contributed by atoms with Gasteiger partial charge in [0.15, 0.2) is 0 Å². The fraction of sp³-hybridized carbons (Fsp3) is 0.704. The summed E-state index contributed by atoms with van der Waals surface area (Å²) >= 11 is 0. The number of carbonyl (C=O) groups is 2. The van der Waals surface area contributed by atoms with E-state index >= 15 is 0 Å². The van der Waals surface area contributed by atoms with E-state index in [-0.39, 0.29) is 121 Å². The second-order valence-corrected chi connectivity index (χ2v) is 8.99. The SMILES string of the molecule is CCCCCCCCCCCCCCCCCC(=O)N[C@@H](Cc1ccc([O-])cc1)C(=O)[O-].[K+].[K+]. The topological polar surface area (TPSA) is 92.3 Å². The number of unbranched alkanes of at least 4 members (excludes halogenated alkanes) is 14. The number of aliphatic carboxylic acids is 1. The predicted octanol–water partition coefficient (Wildman–Crippen LogP) is -1.19. The molecule has 0 aliphatic carbocycles. The number of benzene rings is 1. The quantitative estimate of drug-likeness (QED) is 0.172. The Morgan fingerprint density at radius 3 is 1.56 bits per heavy atom. The molecule has 0 unspecified atom stereocenters. The number of amides is 1. The van der Waals surface area contributed by atoms with E-state index in [1.54, 1.807) is 12.1 Å². The van der Waals surface area contributed by atoms with Crippen LogP contribution in [0.1, 0.15) is 115 Å². The molecule has 1 aromatic rings. The number of hydrogen-bond donors (Lipinski definition) is 1. The molecule has 5 nitrogen and oxygen atoms in total. The van der Waals surface area contributed by atoms with Crippen molar-refractivity contribution in [1.82, 2.24) is 5.32 Å². The molecule has 1 aromatic carbocycles. The molecular formula is C27H43K2NO4. The summed E-state index contributed by atoms with van der Waals surface area (Å²) in [6.45, 7) is 2.26. The first-order valence-corrected chi connectivity index (χ1v) is 12.8. The van der Waals surface area contributed by atoms with Crippen molar-refractivity contribution in [1.29, 1.82) is 0 Å². The largest absolute Gasteiger partial charge is 1.00 e. The van der Waals surface area contributed by atoms with Gasteiger partial charge >= 0.3 is 103 Å². The fourth-order valence-corrected chi connectivity index (χ4v) is 3.98. The Labute approximate surface area is 292 Å². The Morgan fingerprint density at radius 2 is 1.15 bits per heavy atom. The van der Waals surface area contributed by atoms with Gasteiger partial charge in [-0.25, -0.2) is 0 Å². The Hall–Kier alpha value is 1.23. The smallest absolute Gasteiger partial charge is 0.872 e. The van der Waals surface area contributed by atoms with Crippen molar-refractivity contribution in [2.24, 2.45) is 0 Å². The second-order valence-electron chi connectivity index (χ2n) is 8.99. The number of hydrogen-bond acceptors (Lipinski definition) is 4. The van der Waals surface area contributed by atoms with E-state index in [9.17, 15) is 19.8 Å². The van der Waals surface area contributed by atoms with Gasteiger partial charge in [-0.15, -0.1) is 5.75 Å². The Morgan fingerprint density at radius 1 is 0.735 bits per heavy atom. The molecule has 34 heavy (non-hydrogen) atoms. The van der Waals surface area contributed by atoms with Crippen molar-refractivity contribution in [2.75, 3.05) is 0 Å². The van der Waals surface area contributed by atoms with Crippen molar-refractivity contribution in [3.05, 3.63) is 29.8 Å². The third kappa shape index (κ3) is 21.3. The van der Waals surface area contributed by atoms with Crippen LogP contribution in [-0.4, -0.2) is 17.9 Å². The Kier molecular flexibility index (Phi) is 28.4. The molecule has 0 saturated carbocycles. The molecule has 1 rings (SSSR count). The third-order valence-corrected chi connectivity index (χ3v) is 5.99. The van der Waals surface area contributed by atoms with Gasteiger partial charge in [0.2, 0.25) is 5.91 Å². The Balaban J connectivity index is 0. The zero-order chi connectivity index (χ0) is 23.4. The molecule has 0 bridgehead atoms. The molecule has 0 radical (unpaired) electrons. The maximum atomic E-state index is 12.1. The van der Waals surface area contributed by atoms with Gasteiger partial charge < -0.3 is 20.3 Å². The normalized spacial score (nSPS) is 11.2. The van der Waals surface area contributed by atoms with Crippen molar-refractivity contribution in [3.63, 3.8) is 0 Å². The number of carbonyl (C=O) groups excluding carboxylic acids is 2. The van der Waals surface area contributed by atoms with Gasteiger partial charge in [-0.3, -0.25) is 4.79 Å². The van der Waals surface area contributed by atoms with Gasteiger partial charge in [0.25, 0.3) is 0 Å². The van der Waals surface area contributed by atoms with Crippen LogP contribution in [0.5, 0.6) is 5.75 Å². The van der Waals surface area contributed by atoms with Crippen LogP contribution in [0.25, 0.3) is 0 Å². The van der Waals surface area contributed by atoms with Gasteiger partial charge in [0.1, 0.15) is 0 Å². The van der Waals surface area contributed by atoms with E-state index in [0.717, 1.165) is 19.3 Å². The molecule has 0 aromatic heterocycles. The van der Waals surface area contributed by atoms with Crippen molar-refractivity contribution in [3.8, 4) is 5.75 Å². The van der Waals surface area contributed by atoms with Crippen LogP contribution in [0.15, 0.2) is 24.3 Å². The van der Waals surface area contributed by atoms with Crippen LogP contribution in [0.2, 0.25) is 0 Å². The summed E-state index contributed by atoms with van der Waals surface area (Å²) in [7, 11) is 0. The van der Waals surface area contributed by atoms with Crippen LogP contribution in [-0.2, 0) is 16.0 Å². The minimum Gasteiger partial charge on any atom is -0.872 e. The summed E-state index contributed by atoms with van der Waals surface area (Å²) in [5, 5.41) is 25.0. The molecule has 0 heterocycles. The second kappa shape index (κ2) is 25.9. The van der Waals surface area contributed by atoms with E-state index in [4.69, 9.17) is 0 Å². The standard InChI is InChI=1S/C27H45NO4.2K/c1-2-3-4-5-6-7-8-9-10-11-12-13-14-15-16-17-26(30)28-25(27(31)32)22-23-18-20-24(29)21-19-23;;/h18-21,25,29H,2-17,22H2,1H3,(H,28,30)(H,31,32);;/q;2*+1/p-2/t25-;;/m0../s1. The van der Waals surface area contributed by atoms with E-state index in [1.807, 2.05) is 0 Å². The summed E-state index contributed by atoms with van der Waals surface area (Å²) in [5.41, 5.74) is 0.686. The molecule has 1 N–H and O–H groups in total. The summed E-state index contributed by atoms with van der Waals surface area (Å²) < 4.78 is 0. The molecule has 0 aliphatic rings. The van der Waals surface area contributed by atoms with Crippen LogP contribution in [0.3, 0.4) is 0 Å².